The largest absolute Gasteiger partial charge is 0.355 e. The third-order valence-corrected chi connectivity index (χ3v) is 1.89. The van der Waals surface area contributed by atoms with Crippen LogP contribution >= 0.6 is 0 Å². The molecule has 1 rings (SSSR count). The van der Waals surface area contributed by atoms with E-state index in [1.807, 2.05) is 0 Å². The average molecular weight is 341 g/mol. The minimum Gasteiger partial charge on any atom is -0.355 e. The molecule has 0 aromatic heterocycles. The SMILES string of the molecule is NCC1(CN)CCOCO1.[Pt]. The zero-order valence-corrected chi connectivity index (χ0v) is 8.60. The van der Waals surface area contributed by atoms with Crippen LogP contribution in [0, 0.1) is 0 Å². The molecule has 0 unspecified atom stereocenters. The van der Waals surface area contributed by atoms with E-state index in [-0.39, 0.29) is 26.7 Å². The maximum absolute atomic E-state index is 5.49. The Bertz CT molecular complexity index is 101. The molecule has 1 fully saturated rings. The molecule has 0 aliphatic carbocycles. The fraction of sp³-hybridized carbons (Fsp3) is 1.00. The van der Waals surface area contributed by atoms with Gasteiger partial charge in [-0.15, -0.1) is 0 Å². The summed E-state index contributed by atoms with van der Waals surface area (Å²) < 4.78 is 10.3. The van der Waals surface area contributed by atoms with Gasteiger partial charge < -0.3 is 20.9 Å². The van der Waals surface area contributed by atoms with Crippen LogP contribution in [0.5, 0.6) is 0 Å². The summed E-state index contributed by atoms with van der Waals surface area (Å²) in [4.78, 5) is 0. The van der Waals surface area contributed by atoms with Crippen LogP contribution in [0.2, 0.25) is 0 Å². The minimum absolute atomic E-state index is 0. The molecule has 4 N–H and O–H groups in total. The first-order valence-corrected chi connectivity index (χ1v) is 3.45. The van der Waals surface area contributed by atoms with E-state index >= 15 is 0 Å². The molecular formula is C6H14N2O2Pt. The molecule has 1 aliphatic rings. The molecule has 1 heterocycles. The molecule has 0 atom stereocenters. The molecule has 1 saturated heterocycles. The van der Waals surface area contributed by atoms with Crippen LogP contribution < -0.4 is 11.5 Å². The fourth-order valence-electron chi connectivity index (χ4n) is 0.961. The summed E-state index contributed by atoms with van der Waals surface area (Å²) in [6.45, 7) is 1.99. The predicted molar refractivity (Wildman–Crippen MR) is 37.4 cm³/mol. The first kappa shape index (κ1) is 11.5. The zero-order chi connectivity index (χ0) is 7.45. The zero-order valence-electron chi connectivity index (χ0n) is 6.32. The van der Waals surface area contributed by atoms with Crippen LogP contribution in [0.15, 0.2) is 0 Å². The Morgan fingerprint density at radius 2 is 1.91 bits per heavy atom. The van der Waals surface area contributed by atoms with Crippen LogP contribution in [0.1, 0.15) is 6.42 Å². The van der Waals surface area contributed by atoms with Gasteiger partial charge in [-0.2, -0.15) is 0 Å². The Labute approximate surface area is 80.9 Å². The Balaban J connectivity index is 0.000001000. The molecular weight excluding hydrogens is 327 g/mol. The van der Waals surface area contributed by atoms with E-state index in [9.17, 15) is 0 Å². The van der Waals surface area contributed by atoms with Crippen molar-refractivity contribution in [1.82, 2.24) is 0 Å². The standard InChI is InChI=1S/C6H14N2O2.Pt/c7-3-6(4-8)1-2-9-5-10-6;/h1-5,7-8H2;. The van der Waals surface area contributed by atoms with Gasteiger partial charge in [-0.3, -0.25) is 0 Å². The fourth-order valence-corrected chi connectivity index (χ4v) is 0.961. The summed E-state index contributed by atoms with van der Waals surface area (Å²) in [7, 11) is 0. The van der Waals surface area contributed by atoms with E-state index in [1.54, 1.807) is 0 Å². The van der Waals surface area contributed by atoms with Gasteiger partial charge in [0.1, 0.15) is 6.79 Å². The molecule has 0 aromatic carbocycles. The number of ether oxygens (including phenoxy) is 2. The smallest absolute Gasteiger partial charge is 0.147 e. The third kappa shape index (κ3) is 2.80. The summed E-state index contributed by atoms with van der Waals surface area (Å²) in [5, 5.41) is 0. The number of nitrogens with two attached hydrogens (primary N) is 2. The quantitative estimate of drug-likeness (QED) is 0.679. The van der Waals surface area contributed by atoms with Gasteiger partial charge >= 0.3 is 0 Å². The van der Waals surface area contributed by atoms with Gasteiger partial charge in [0.15, 0.2) is 0 Å². The average Bonchev–Trinajstić information content (AvgIpc) is 2.06. The molecule has 1 aliphatic heterocycles. The van der Waals surface area contributed by atoms with E-state index in [1.165, 1.54) is 0 Å². The molecule has 11 heavy (non-hydrogen) atoms. The van der Waals surface area contributed by atoms with Gasteiger partial charge in [0.2, 0.25) is 0 Å². The van der Waals surface area contributed by atoms with Crippen molar-refractivity contribution in [3.05, 3.63) is 0 Å². The summed E-state index contributed by atoms with van der Waals surface area (Å²) in [5.74, 6) is 0. The van der Waals surface area contributed by atoms with Crippen molar-refractivity contribution in [2.45, 2.75) is 12.0 Å². The van der Waals surface area contributed by atoms with Crippen molar-refractivity contribution >= 4 is 0 Å². The van der Waals surface area contributed by atoms with Gasteiger partial charge in [0, 0.05) is 40.6 Å². The topological polar surface area (TPSA) is 70.5 Å². The summed E-state index contributed by atoms with van der Waals surface area (Å²) >= 11 is 0. The van der Waals surface area contributed by atoms with E-state index in [2.05, 4.69) is 0 Å². The molecule has 0 radical (unpaired) electrons. The van der Waals surface area contributed by atoms with E-state index in [4.69, 9.17) is 20.9 Å². The summed E-state index contributed by atoms with van der Waals surface area (Å²) in [5.41, 5.74) is 10.7. The number of rotatable bonds is 2. The van der Waals surface area contributed by atoms with Crippen molar-refractivity contribution < 1.29 is 30.5 Å². The van der Waals surface area contributed by atoms with Crippen LogP contribution in [0.4, 0.5) is 0 Å². The normalized spacial score (nSPS) is 22.4. The second kappa shape index (κ2) is 5.22. The van der Waals surface area contributed by atoms with E-state index < -0.39 is 0 Å². The monoisotopic (exact) mass is 341 g/mol. The molecule has 0 bridgehead atoms. The van der Waals surface area contributed by atoms with Crippen LogP contribution in [-0.2, 0) is 30.5 Å². The van der Waals surface area contributed by atoms with Gasteiger partial charge in [0.05, 0.1) is 12.2 Å². The van der Waals surface area contributed by atoms with Crippen molar-refractivity contribution in [2.75, 3.05) is 26.5 Å². The van der Waals surface area contributed by atoms with Crippen LogP contribution in [0.3, 0.4) is 0 Å². The predicted octanol–water partition coefficient (Wildman–Crippen LogP) is -0.966. The molecule has 70 valence electrons. The molecule has 5 heteroatoms. The Morgan fingerprint density at radius 3 is 2.18 bits per heavy atom. The second-order valence-electron chi connectivity index (χ2n) is 2.51. The summed E-state index contributed by atoms with van der Waals surface area (Å²) in [6, 6.07) is 0. The van der Waals surface area contributed by atoms with Crippen LogP contribution in [0.25, 0.3) is 0 Å². The van der Waals surface area contributed by atoms with Crippen molar-refractivity contribution in [3.8, 4) is 0 Å². The maximum atomic E-state index is 5.49. The maximum Gasteiger partial charge on any atom is 0.147 e. The van der Waals surface area contributed by atoms with E-state index in [0.717, 1.165) is 6.42 Å². The Hall–Kier alpha value is 0.528. The van der Waals surface area contributed by atoms with E-state index in [0.29, 0.717) is 26.5 Å². The van der Waals surface area contributed by atoms with Crippen molar-refractivity contribution in [3.63, 3.8) is 0 Å². The molecule has 0 spiro atoms. The summed E-state index contributed by atoms with van der Waals surface area (Å²) in [6.07, 6.45) is 0.806. The van der Waals surface area contributed by atoms with Crippen LogP contribution in [-0.4, -0.2) is 32.1 Å². The molecule has 0 aromatic rings. The molecule has 0 amide bonds. The number of hydrogen-bond acceptors (Lipinski definition) is 4. The number of hydrogen-bond donors (Lipinski definition) is 2. The minimum atomic E-state index is -0.307. The second-order valence-corrected chi connectivity index (χ2v) is 2.51. The van der Waals surface area contributed by atoms with Gasteiger partial charge in [-0.05, 0) is 0 Å². The molecule has 0 saturated carbocycles. The Morgan fingerprint density at radius 1 is 1.27 bits per heavy atom. The molecule has 4 nitrogen and oxygen atoms in total. The third-order valence-electron chi connectivity index (χ3n) is 1.89. The van der Waals surface area contributed by atoms with Gasteiger partial charge in [-0.1, -0.05) is 0 Å². The Kier molecular flexibility index (Phi) is 5.47. The van der Waals surface area contributed by atoms with Gasteiger partial charge in [-0.25, -0.2) is 0 Å². The first-order chi connectivity index (χ1) is 4.83. The van der Waals surface area contributed by atoms with Crippen molar-refractivity contribution in [1.29, 1.82) is 0 Å². The van der Waals surface area contributed by atoms with Crippen molar-refractivity contribution in [2.24, 2.45) is 11.5 Å². The van der Waals surface area contributed by atoms with Gasteiger partial charge in [0.25, 0.3) is 0 Å². The first-order valence-electron chi connectivity index (χ1n) is 3.45.